The summed E-state index contributed by atoms with van der Waals surface area (Å²) in [4.78, 5) is 14.3. The summed E-state index contributed by atoms with van der Waals surface area (Å²) in [6, 6.07) is 1.37. The van der Waals surface area contributed by atoms with Gasteiger partial charge >= 0.3 is 6.61 Å². The number of piperazine rings is 1. The molecule has 1 aromatic carbocycles. The predicted molar refractivity (Wildman–Crippen MR) is 97.5 cm³/mol. The summed E-state index contributed by atoms with van der Waals surface area (Å²) in [5.74, 6) is -0.949. The molecule has 1 N–H and O–H groups in total. The molecule has 1 aliphatic heterocycles. The van der Waals surface area contributed by atoms with Gasteiger partial charge in [-0.2, -0.15) is 8.78 Å². The van der Waals surface area contributed by atoms with Gasteiger partial charge < -0.3 is 19.5 Å². The molecular formula is C19H22F3N3O2. The molecule has 1 aromatic heterocycles. The molecule has 0 amide bonds. The smallest absolute Gasteiger partial charge is 0.387 e. The first-order valence-electron chi connectivity index (χ1n) is 9.18. The third kappa shape index (κ3) is 3.26. The molecular weight excluding hydrogens is 359 g/mol. The zero-order valence-corrected chi connectivity index (χ0v) is 15.3. The van der Waals surface area contributed by atoms with E-state index in [2.05, 4.69) is 5.32 Å². The lowest BCUT2D eigenvalue weighted by Gasteiger charge is -2.35. The van der Waals surface area contributed by atoms with E-state index in [0.717, 1.165) is 12.8 Å². The van der Waals surface area contributed by atoms with E-state index >= 15 is 4.39 Å². The normalized spacial score (nSPS) is 20.5. The minimum absolute atomic E-state index is 0.00815. The number of ether oxygens (including phenoxy) is 1. The molecule has 4 rings (SSSR count). The molecule has 5 nitrogen and oxygen atoms in total. The highest BCUT2D eigenvalue weighted by atomic mass is 19.3. The summed E-state index contributed by atoms with van der Waals surface area (Å²) in [5.41, 5.74) is 0.366. The predicted octanol–water partition coefficient (Wildman–Crippen LogP) is 3.18. The Morgan fingerprint density at radius 3 is 2.70 bits per heavy atom. The average molecular weight is 381 g/mol. The molecule has 2 fully saturated rings. The molecule has 1 atom stereocenters. The maximum Gasteiger partial charge on any atom is 0.387 e. The van der Waals surface area contributed by atoms with E-state index in [0.29, 0.717) is 25.2 Å². The number of aromatic nitrogens is 1. The number of aryl methyl sites for hydroxylation is 1. The molecule has 0 unspecified atom stereocenters. The first-order chi connectivity index (χ1) is 12.9. The highest BCUT2D eigenvalue weighted by Crippen LogP contribution is 2.44. The minimum Gasteiger partial charge on any atom is -0.430 e. The van der Waals surface area contributed by atoms with Crippen molar-refractivity contribution in [2.24, 2.45) is 0 Å². The van der Waals surface area contributed by atoms with Gasteiger partial charge in [0.25, 0.3) is 0 Å². The summed E-state index contributed by atoms with van der Waals surface area (Å²) < 4.78 is 48.3. The largest absolute Gasteiger partial charge is 0.430 e. The zero-order chi connectivity index (χ0) is 19.3. The first kappa shape index (κ1) is 18.2. The Kier molecular flexibility index (Phi) is 4.53. The van der Waals surface area contributed by atoms with Gasteiger partial charge in [-0.1, -0.05) is 0 Å². The number of fused-ring (bicyclic) bond motifs is 1. The fourth-order valence-corrected chi connectivity index (χ4v) is 3.85. The molecule has 1 aliphatic carbocycles. The third-order valence-corrected chi connectivity index (χ3v) is 5.21. The van der Waals surface area contributed by atoms with Crippen LogP contribution in [0.25, 0.3) is 10.9 Å². The molecule has 0 bridgehead atoms. The highest BCUT2D eigenvalue weighted by Gasteiger charge is 2.32. The maximum absolute atomic E-state index is 15.1. The number of hydrogen-bond donors (Lipinski definition) is 1. The highest BCUT2D eigenvalue weighted by molar-refractivity contribution is 5.92. The molecule has 2 aliphatic rings. The molecule has 146 valence electrons. The van der Waals surface area contributed by atoms with Crippen molar-refractivity contribution in [3.8, 4) is 5.75 Å². The van der Waals surface area contributed by atoms with E-state index in [-0.39, 0.29) is 39.9 Å². The van der Waals surface area contributed by atoms with Crippen molar-refractivity contribution in [3.63, 3.8) is 0 Å². The summed E-state index contributed by atoms with van der Waals surface area (Å²) in [7, 11) is 0. The lowest BCUT2D eigenvalue weighted by atomic mass is 10.1. The van der Waals surface area contributed by atoms with Gasteiger partial charge in [0.15, 0.2) is 17.0 Å². The standard InChI is InChI=1S/C19H22F3N3O2/c1-10-8-25(12-3-4-12)15-13(17(10)26)7-14(20)16(18(15)27-19(21)22)24-6-5-23-11(2)9-24/h7-8,11-12,19,23H,3-6,9H2,1-2H3/t11-/m0/s1. The van der Waals surface area contributed by atoms with Crippen LogP contribution in [0, 0.1) is 12.7 Å². The van der Waals surface area contributed by atoms with Gasteiger partial charge in [0.2, 0.25) is 0 Å². The first-order valence-corrected chi connectivity index (χ1v) is 9.18. The SMILES string of the molecule is Cc1cn(C2CC2)c2c(OC(F)F)c(N3CCN[C@@H](C)C3)c(F)cc2c1=O. The fraction of sp³-hybridized carbons (Fsp3) is 0.526. The second-order valence-corrected chi connectivity index (χ2v) is 7.39. The van der Waals surface area contributed by atoms with E-state index in [1.165, 1.54) is 6.07 Å². The number of hydrogen-bond acceptors (Lipinski definition) is 4. The number of pyridine rings is 1. The molecule has 0 radical (unpaired) electrons. The van der Waals surface area contributed by atoms with Crippen molar-refractivity contribution >= 4 is 16.6 Å². The van der Waals surface area contributed by atoms with Crippen molar-refractivity contribution in [1.29, 1.82) is 0 Å². The number of nitrogens with zero attached hydrogens (tertiary/aromatic N) is 2. The Bertz CT molecular complexity index is 940. The Morgan fingerprint density at radius 1 is 1.33 bits per heavy atom. The lowest BCUT2D eigenvalue weighted by molar-refractivity contribution is -0.0488. The quantitative estimate of drug-likeness (QED) is 0.884. The van der Waals surface area contributed by atoms with Crippen LogP contribution in [0.1, 0.15) is 31.4 Å². The van der Waals surface area contributed by atoms with Crippen LogP contribution in [0.15, 0.2) is 17.1 Å². The van der Waals surface area contributed by atoms with Crippen LogP contribution in [-0.4, -0.2) is 36.9 Å². The Balaban J connectivity index is 2.02. The third-order valence-electron chi connectivity index (χ3n) is 5.21. The second-order valence-electron chi connectivity index (χ2n) is 7.39. The molecule has 8 heteroatoms. The van der Waals surface area contributed by atoms with Gasteiger partial charge in [-0.25, -0.2) is 4.39 Å². The Hall–Kier alpha value is -2.22. The monoisotopic (exact) mass is 381 g/mol. The van der Waals surface area contributed by atoms with E-state index in [1.54, 1.807) is 22.6 Å². The van der Waals surface area contributed by atoms with Crippen LogP contribution in [0.3, 0.4) is 0 Å². The van der Waals surface area contributed by atoms with Crippen LogP contribution < -0.4 is 20.4 Å². The molecule has 2 aromatic rings. The van der Waals surface area contributed by atoms with Gasteiger partial charge in [0.1, 0.15) is 5.69 Å². The number of alkyl halides is 2. The second kappa shape index (κ2) is 6.74. The van der Waals surface area contributed by atoms with Crippen molar-refractivity contribution in [2.45, 2.75) is 45.4 Å². The fourth-order valence-electron chi connectivity index (χ4n) is 3.85. The Labute approximate surface area is 154 Å². The minimum atomic E-state index is -3.11. The van der Waals surface area contributed by atoms with Crippen LogP contribution in [0.5, 0.6) is 5.75 Å². The molecule has 0 spiro atoms. The van der Waals surface area contributed by atoms with Gasteiger partial charge in [-0.15, -0.1) is 0 Å². The molecule has 2 heterocycles. The molecule has 1 saturated carbocycles. The van der Waals surface area contributed by atoms with E-state index < -0.39 is 12.4 Å². The van der Waals surface area contributed by atoms with Crippen LogP contribution in [-0.2, 0) is 0 Å². The zero-order valence-electron chi connectivity index (χ0n) is 15.3. The van der Waals surface area contributed by atoms with Crippen LogP contribution >= 0.6 is 0 Å². The van der Waals surface area contributed by atoms with Gasteiger partial charge in [-0.05, 0) is 32.8 Å². The number of anilines is 1. The van der Waals surface area contributed by atoms with Crippen molar-refractivity contribution < 1.29 is 17.9 Å². The number of halogens is 3. The van der Waals surface area contributed by atoms with Gasteiger partial charge in [0.05, 0.1) is 10.9 Å². The van der Waals surface area contributed by atoms with Gasteiger partial charge in [-0.3, -0.25) is 4.79 Å². The summed E-state index contributed by atoms with van der Waals surface area (Å²) in [5, 5.41) is 3.33. The van der Waals surface area contributed by atoms with E-state index in [4.69, 9.17) is 4.74 Å². The topological polar surface area (TPSA) is 46.5 Å². The average Bonchev–Trinajstić information content (AvgIpc) is 3.42. The van der Waals surface area contributed by atoms with Crippen molar-refractivity contribution in [1.82, 2.24) is 9.88 Å². The lowest BCUT2D eigenvalue weighted by Crippen LogP contribution is -2.49. The van der Waals surface area contributed by atoms with Crippen molar-refractivity contribution in [2.75, 3.05) is 24.5 Å². The van der Waals surface area contributed by atoms with E-state index in [1.807, 2.05) is 6.92 Å². The van der Waals surface area contributed by atoms with Crippen LogP contribution in [0.4, 0.5) is 18.9 Å². The van der Waals surface area contributed by atoms with Crippen molar-refractivity contribution in [3.05, 3.63) is 33.9 Å². The number of benzene rings is 1. The number of rotatable bonds is 4. The van der Waals surface area contributed by atoms with Crippen LogP contribution in [0.2, 0.25) is 0 Å². The van der Waals surface area contributed by atoms with Gasteiger partial charge in [0, 0.05) is 43.5 Å². The van der Waals surface area contributed by atoms with E-state index in [9.17, 15) is 13.6 Å². The maximum atomic E-state index is 15.1. The molecule has 1 saturated heterocycles. The number of nitrogens with one attached hydrogen (secondary N) is 1. The summed E-state index contributed by atoms with van der Waals surface area (Å²) in [6.45, 7) is 2.02. The summed E-state index contributed by atoms with van der Waals surface area (Å²) in [6.07, 6.45) is 3.45. The summed E-state index contributed by atoms with van der Waals surface area (Å²) >= 11 is 0. The Morgan fingerprint density at radius 2 is 2.07 bits per heavy atom. The molecule has 27 heavy (non-hydrogen) atoms.